The molecule has 0 radical (unpaired) electrons. The number of unbranched alkanes of at least 4 members (excludes halogenated alkanes) is 1. The van der Waals surface area contributed by atoms with E-state index in [4.69, 9.17) is 29.3 Å². The molecular weight excluding hydrogens is 366 g/mol. The van der Waals surface area contributed by atoms with Crippen molar-refractivity contribution in [3.05, 3.63) is 23.8 Å². The number of ether oxygens (including phenoxy) is 2. The smallest absolute Gasteiger partial charge is 0.414 e. The number of benzene rings is 1. The zero-order valence-corrected chi connectivity index (χ0v) is 16.3. The highest BCUT2D eigenvalue weighted by Gasteiger charge is 2.10. The second-order valence-corrected chi connectivity index (χ2v) is 6.33. The maximum Gasteiger partial charge on any atom is 0.414 e. The standard InChI is InChI=1S/C18H27NO3.C2H2O4/c1-2-21-18-14-16(15-20)8-9-17(18)22-13-7-6-12-19-10-4-3-5-11-19;3-1(4)2(5)6/h8-9,14-15H,2-7,10-13H2,1H3;(H,3,4)(H,5,6). The molecule has 156 valence electrons. The first-order valence-electron chi connectivity index (χ1n) is 9.51. The van der Waals surface area contributed by atoms with E-state index >= 15 is 0 Å². The van der Waals surface area contributed by atoms with Crippen LogP contribution in [-0.4, -0.2) is 66.2 Å². The van der Waals surface area contributed by atoms with E-state index in [0.29, 0.717) is 24.5 Å². The minimum Gasteiger partial charge on any atom is -0.490 e. The van der Waals surface area contributed by atoms with Crippen LogP contribution in [-0.2, 0) is 9.59 Å². The van der Waals surface area contributed by atoms with Crippen molar-refractivity contribution in [3.8, 4) is 11.5 Å². The normalized spacial score (nSPS) is 13.8. The van der Waals surface area contributed by atoms with Gasteiger partial charge in [-0.15, -0.1) is 0 Å². The topological polar surface area (TPSA) is 113 Å². The van der Waals surface area contributed by atoms with E-state index in [2.05, 4.69) is 4.90 Å². The van der Waals surface area contributed by atoms with Crippen molar-refractivity contribution in [3.63, 3.8) is 0 Å². The summed E-state index contributed by atoms with van der Waals surface area (Å²) in [5.74, 6) is -2.27. The molecular formula is C20H29NO7. The Morgan fingerprint density at radius 2 is 1.71 bits per heavy atom. The van der Waals surface area contributed by atoms with Gasteiger partial charge in [0.2, 0.25) is 0 Å². The van der Waals surface area contributed by atoms with Crippen LogP contribution in [0.25, 0.3) is 0 Å². The molecule has 2 rings (SSSR count). The van der Waals surface area contributed by atoms with Crippen molar-refractivity contribution in [1.82, 2.24) is 4.90 Å². The lowest BCUT2D eigenvalue weighted by molar-refractivity contribution is -0.159. The molecule has 1 aliphatic rings. The lowest BCUT2D eigenvalue weighted by atomic mass is 10.1. The van der Waals surface area contributed by atoms with Gasteiger partial charge in [-0.1, -0.05) is 6.42 Å². The fourth-order valence-corrected chi connectivity index (χ4v) is 2.79. The number of nitrogens with zero attached hydrogens (tertiary/aromatic N) is 1. The van der Waals surface area contributed by atoms with Gasteiger partial charge in [-0.3, -0.25) is 4.79 Å². The van der Waals surface area contributed by atoms with Crippen LogP contribution in [0.3, 0.4) is 0 Å². The van der Waals surface area contributed by atoms with Gasteiger partial charge in [0.1, 0.15) is 6.29 Å². The van der Waals surface area contributed by atoms with Gasteiger partial charge in [0.05, 0.1) is 13.2 Å². The number of aldehydes is 1. The number of carboxylic acid groups (broad SMARTS) is 2. The second-order valence-electron chi connectivity index (χ2n) is 6.33. The molecule has 0 aliphatic carbocycles. The van der Waals surface area contributed by atoms with Crippen LogP contribution >= 0.6 is 0 Å². The number of rotatable bonds is 9. The number of carbonyl (C=O) groups is 3. The van der Waals surface area contributed by atoms with Gasteiger partial charge in [-0.2, -0.15) is 0 Å². The molecule has 0 aromatic heterocycles. The number of likely N-dealkylation sites (tertiary alicyclic amines) is 1. The fourth-order valence-electron chi connectivity index (χ4n) is 2.79. The summed E-state index contributed by atoms with van der Waals surface area (Å²) in [4.78, 5) is 31.6. The summed E-state index contributed by atoms with van der Waals surface area (Å²) < 4.78 is 11.4. The first-order valence-corrected chi connectivity index (χ1v) is 9.51. The summed E-state index contributed by atoms with van der Waals surface area (Å²) in [6.45, 7) is 6.86. The maximum atomic E-state index is 10.8. The molecule has 0 amide bonds. The summed E-state index contributed by atoms with van der Waals surface area (Å²) >= 11 is 0. The molecule has 1 aromatic rings. The zero-order chi connectivity index (χ0) is 20.8. The van der Waals surface area contributed by atoms with Crippen molar-refractivity contribution < 1.29 is 34.1 Å². The summed E-state index contributed by atoms with van der Waals surface area (Å²) in [7, 11) is 0. The summed E-state index contributed by atoms with van der Waals surface area (Å²) in [6, 6.07) is 5.32. The third kappa shape index (κ3) is 9.36. The summed E-state index contributed by atoms with van der Waals surface area (Å²) in [6.07, 6.45) is 7.10. The largest absolute Gasteiger partial charge is 0.490 e. The molecule has 1 fully saturated rings. The Morgan fingerprint density at radius 1 is 1.04 bits per heavy atom. The zero-order valence-electron chi connectivity index (χ0n) is 16.3. The van der Waals surface area contributed by atoms with Crippen molar-refractivity contribution in [2.45, 2.75) is 39.0 Å². The van der Waals surface area contributed by atoms with E-state index in [9.17, 15) is 4.79 Å². The van der Waals surface area contributed by atoms with Gasteiger partial charge < -0.3 is 24.6 Å². The highest BCUT2D eigenvalue weighted by atomic mass is 16.5. The van der Waals surface area contributed by atoms with E-state index in [1.807, 2.05) is 13.0 Å². The average molecular weight is 395 g/mol. The second kappa shape index (κ2) is 13.5. The first-order chi connectivity index (χ1) is 13.5. The highest BCUT2D eigenvalue weighted by Crippen LogP contribution is 2.28. The van der Waals surface area contributed by atoms with Gasteiger partial charge in [0.25, 0.3) is 0 Å². The lowest BCUT2D eigenvalue weighted by Crippen LogP contribution is -2.30. The Morgan fingerprint density at radius 3 is 2.29 bits per heavy atom. The molecule has 0 atom stereocenters. The minimum absolute atomic E-state index is 0.563. The van der Waals surface area contributed by atoms with Crippen molar-refractivity contribution in [2.75, 3.05) is 32.8 Å². The van der Waals surface area contributed by atoms with Crippen LogP contribution in [0.2, 0.25) is 0 Å². The Hall–Kier alpha value is -2.61. The quantitative estimate of drug-likeness (QED) is 0.373. The molecule has 2 N–H and O–H groups in total. The predicted octanol–water partition coefficient (Wildman–Crippen LogP) is 2.70. The summed E-state index contributed by atoms with van der Waals surface area (Å²) in [5, 5.41) is 14.8. The van der Waals surface area contributed by atoms with Crippen LogP contribution in [0.4, 0.5) is 0 Å². The minimum atomic E-state index is -1.82. The van der Waals surface area contributed by atoms with Crippen molar-refractivity contribution in [2.24, 2.45) is 0 Å². The molecule has 1 aromatic carbocycles. The van der Waals surface area contributed by atoms with E-state index in [1.165, 1.54) is 38.9 Å². The lowest BCUT2D eigenvalue weighted by Gasteiger charge is -2.26. The predicted molar refractivity (Wildman–Crippen MR) is 103 cm³/mol. The average Bonchev–Trinajstić information content (AvgIpc) is 2.70. The monoisotopic (exact) mass is 395 g/mol. The van der Waals surface area contributed by atoms with Gasteiger partial charge in [0, 0.05) is 5.56 Å². The van der Waals surface area contributed by atoms with Crippen LogP contribution < -0.4 is 9.47 Å². The van der Waals surface area contributed by atoms with E-state index < -0.39 is 11.9 Å². The van der Waals surface area contributed by atoms with Crippen LogP contribution in [0, 0.1) is 0 Å². The molecule has 0 bridgehead atoms. The molecule has 8 heteroatoms. The SMILES string of the molecule is CCOc1cc(C=O)ccc1OCCCCN1CCCCC1.O=C(O)C(=O)O. The number of carboxylic acids is 2. The van der Waals surface area contributed by atoms with Gasteiger partial charge in [0.15, 0.2) is 11.5 Å². The first kappa shape index (κ1) is 23.4. The van der Waals surface area contributed by atoms with Gasteiger partial charge in [-0.05, 0) is 70.4 Å². The third-order valence-electron chi connectivity index (χ3n) is 4.16. The molecule has 1 saturated heterocycles. The molecule has 1 aliphatic heterocycles. The van der Waals surface area contributed by atoms with Gasteiger partial charge >= 0.3 is 11.9 Å². The van der Waals surface area contributed by atoms with Crippen molar-refractivity contribution >= 4 is 18.2 Å². The number of piperidine rings is 1. The molecule has 0 spiro atoms. The van der Waals surface area contributed by atoms with Crippen LogP contribution in [0.15, 0.2) is 18.2 Å². The fraction of sp³-hybridized carbons (Fsp3) is 0.550. The van der Waals surface area contributed by atoms with Crippen LogP contribution in [0.5, 0.6) is 11.5 Å². The molecule has 1 heterocycles. The van der Waals surface area contributed by atoms with E-state index in [0.717, 1.165) is 24.9 Å². The van der Waals surface area contributed by atoms with Crippen LogP contribution in [0.1, 0.15) is 49.4 Å². The summed E-state index contributed by atoms with van der Waals surface area (Å²) in [5.41, 5.74) is 0.612. The Bertz CT molecular complexity index is 615. The maximum absolute atomic E-state index is 10.8. The van der Waals surface area contributed by atoms with E-state index in [1.54, 1.807) is 12.1 Å². The molecule has 8 nitrogen and oxygen atoms in total. The number of carbonyl (C=O) groups excluding carboxylic acids is 1. The highest BCUT2D eigenvalue weighted by molar-refractivity contribution is 6.27. The molecule has 28 heavy (non-hydrogen) atoms. The Labute approximate surface area is 165 Å². The van der Waals surface area contributed by atoms with Crippen molar-refractivity contribution in [1.29, 1.82) is 0 Å². The van der Waals surface area contributed by atoms with E-state index in [-0.39, 0.29) is 0 Å². The number of aliphatic carboxylic acids is 2. The van der Waals surface area contributed by atoms with Gasteiger partial charge in [-0.25, -0.2) is 9.59 Å². The molecule has 0 saturated carbocycles. The Kier molecular flexibility index (Phi) is 11.3. The number of hydrogen-bond acceptors (Lipinski definition) is 6. The molecule has 0 unspecified atom stereocenters. The number of hydrogen-bond donors (Lipinski definition) is 2. The Balaban J connectivity index is 0.000000568. The third-order valence-corrected chi connectivity index (χ3v) is 4.16.